The van der Waals surface area contributed by atoms with E-state index in [0.29, 0.717) is 5.56 Å². The minimum atomic E-state index is -3.80. The smallest absolute Gasteiger partial charge is 0.245 e. The van der Waals surface area contributed by atoms with Gasteiger partial charge in [-0.15, -0.1) is 0 Å². The Morgan fingerprint density at radius 3 is 2.53 bits per heavy atom. The molecule has 1 aromatic rings. The molecule has 0 aliphatic rings. The Balaban J connectivity index is 3.13. The molecule has 0 spiro atoms. The number of nitrogens with two attached hydrogens (primary N) is 1. The standard InChI is InChI=1S/C13H21FN2O2S/c1-4-5-10(2)16(3)19(17,18)13-7-6-11(9-15)8-12(13)14/h6-8,10H,4-5,9,15H2,1-3H3. The van der Waals surface area contributed by atoms with Gasteiger partial charge >= 0.3 is 0 Å². The van der Waals surface area contributed by atoms with Crippen molar-refractivity contribution in [3.63, 3.8) is 0 Å². The van der Waals surface area contributed by atoms with Gasteiger partial charge in [-0.05, 0) is 31.0 Å². The highest BCUT2D eigenvalue weighted by Crippen LogP contribution is 2.22. The summed E-state index contributed by atoms with van der Waals surface area (Å²) in [6, 6.07) is 3.82. The third-order valence-electron chi connectivity index (χ3n) is 3.22. The van der Waals surface area contributed by atoms with Crippen LogP contribution < -0.4 is 5.73 Å². The van der Waals surface area contributed by atoms with Crippen LogP contribution in [0.2, 0.25) is 0 Å². The van der Waals surface area contributed by atoms with Gasteiger partial charge in [-0.3, -0.25) is 0 Å². The fourth-order valence-electron chi connectivity index (χ4n) is 1.87. The van der Waals surface area contributed by atoms with Gasteiger partial charge in [-0.2, -0.15) is 4.31 Å². The van der Waals surface area contributed by atoms with Crippen LogP contribution in [0.3, 0.4) is 0 Å². The average Bonchev–Trinajstić information content (AvgIpc) is 2.37. The molecule has 0 aliphatic heterocycles. The lowest BCUT2D eigenvalue weighted by Crippen LogP contribution is -2.35. The highest BCUT2D eigenvalue weighted by atomic mass is 32.2. The van der Waals surface area contributed by atoms with Gasteiger partial charge in [0, 0.05) is 19.6 Å². The van der Waals surface area contributed by atoms with Crippen LogP contribution in [0.5, 0.6) is 0 Å². The van der Waals surface area contributed by atoms with E-state index in [0.717, 1.165) is 12.8 Å². The quantitative estimate of drug-likeness (QED) is 0.872. The first-order valence-electron chi connectivity index (χ1n) is 6.31. The zero-order valence-corrected chi connectivity index (χ0v) is 12.4. The van der Waals surface area contributed by atoms with Crippen LogP contribution in [0.15, 0.2) is 23.1 Å². The third-order valence-corrected chi connectivity index (χ3v) is 5.22. The molecule has 0 saturated carbocycles. The van der Waals surface area contributed by atoms with Crippen molar-refractivity contribution < 1.29 is 12.8 Å². The van der Waals surface area contributed by atoms with Crippen molar-refractivity contribution in [2.75, 3.05) is 7.05 Å². The number of hydrogen-bond acceptors (Lipinski definition) is 3. The normalized spacial score (nSPS) is 13.8. The molecule has 0 bridgehead atoms. The van der Waals surface area contributed by atoms with E-state index in [1.54, 1.807) is 0 Å². The van der Waals surface area contributed by atoms with Gasteiger partial charge in [0.1, 0.15) is 10.7 Å². The Morgan fingerprint density at radius 2 is 2.05 bits per heavy atom. The molecule has 0 aliphatic carbocycles. The predicted molar refractivity (Wildman–Crippen MR) is 73.6 cm³/mol. The van der Waals surface area contributed by atoms with Gasteiger partial charge in [0.15, 0.2) is 0 Å². The van der Waals surface area contributed by atoms with Gasteiger partial charge in [-0.25, -0.2) is 12.8 Å². The largest absolute Gasteiger partial charge is 0.326 e. The summed E-state index contributed by atoms with van der Waals surface area (Å²) < 4.78 is 39.7. The maximum Gasteiger partial charge on any atom is 0.245 e. The van der Waals surface area contributed by atoms with E-state index in [1.807, 2.05) is 13.8 Å². The summed E-state index contributed by atoms with van der Waals surface area (Å²) in [6.07, 6.45) is 1.61. The van der Waals surface area contributed by atoms with E-state index >= 15 is 0 Å². The van der Waals surface area contributed by atoms with E-state index in [2.05, 4.69) is 0 Å². The molecule has 6 heteroatoms. The Morgan fingerprint density at radius 1 is 1.42 bits per heavy atom. The summed E-state index contributed by atoms with van der Waals surface area (Å²) in [5.74, 6) is -0.751. The van der Waals surface area contributed by atoms with Crippen molar-refractivity contribution in [2.45, 2.75) is 44.2 Å². The average molecular weight is 288 g/mol. The van der Waals surface area contributed by atoms with Crippen LogP contribution in [-0.2, 0) is 16.6 Å². The second kappa shape index (κ2) is 6.45. The van der Waals surface area contributed by atoms with E-state index in [-0.39, 0.29) is 17.5 Å². The number of benzene rings is 1. The summed E-state index contributed by atoms with van der Waals surface area (Å²) in [5, 5.41) is 0. The second-order valence-corrected chi connectivity index (χ2v) is 6.59. The van der Waals surface area contributed by atoms with Gasteiger partial charge in [0.05, 0.1) is 0 Å². The monoisotopic (exact) mass is 288 g/mol. The van der Waals surface area contributed by atoms with E-state index in [9.17, 15) is 12.8 Å². The molecule has 0 heterocycles. The minimum absolute atomic E-state index is 0.163. The van der Waals surface area contributed by atoms with E-state index in [4.69, 9.17) is 5.73 Å². The Kier molecular flexibility index (Phi) is 5.46. The van der Waals surface area contributed by atoms with Crippen molar-refractivity contribution in [2.24, 2.45) is 5.73 Å². The molecule has 4 nitrogen and oxygen atoms in total. The first kappa shape index (κ1) is 16.1. The Bertz CT molecular complexity index is 531. The van der Waals surface area contributed by atoms with Gasteiger partial charge < -0.3 is 5.73 Å². The van der Waals surface area contributed by atoms with Gasteiger partial charge in [-0.1, -0.05) is 19.4 Å². The third kappa shape index (κ3) is 3.52. The van der Waals surface area contributed by atoms with Gasteiger partial charge in [0.2, 0.25) is 10.0 Å². The maximum absolute atomic E-state index is 13.9. The number of hydrogen-bond donors (Lipinski definition) is 1. The predicted octanol–water partition coefficient (Wildman–Crippen LogP) is 2.09. The lowest BCUT2D eigenvalue weighted by Gasteiger charge is -2.24. The zero-order valence-electron chi connectivity index (χ0n) is 11.6. The molecular formula is C13H21FN2O2S. The van der Waals surface area contributed by atoms with E-state index in [1.165, 1.54) is 29.6 Å². The molecule has 1 atom stereocenters. The lowest BCUT2D eigenvalue weighted by molar-refractivity contribution is 0.366. The highest BCUT2D eigenvalue weighted by molar-refractivity contribution is 7.89. The number of nitrogens with zero attached hydrogens (tertiary/aromatic N) is 1. The molecule has 1 unspecified atom stereocenters. The fraction of sp³-hybridized carbons (Fsp3) is 0.538. The molecule has 2 N–H and O–H groups in total. The molecule has 1 aromatic carbocycles. The topological polar surface area (TPSA) is 63.4 Å². The number of rotatable bonds is 6. The summed E-state index contributed by atoms with van der Waals surface area (Å²) >= 11 is 0. The maximum atomic E-state index is 13.9. The zero-order chi connectivity index (χ0) is 14.6. The minimum Gasteiger partial charge on any atom is -0.326 e. The van der Waals surface area contributed by atoms with Crippen LogP contribution in [0, 0.1) is 5.82 Å². The molecule has 0 amide bonds. The van der Waals surface area contributed by atoms with Crippen LogP contribution in [0.4, 0.5) is 4.39 Å². The molecule has 0 radical (unpaired) electrons. The second-order valence-electron chi connectivity index (χ2n) is 4.63. The molecule has 108 valence electrons. The first-order chi connectivity index (χ1) is 8.84. The van der Waals surface area contributed by atoms with Crippen molar-refractivity contribution in [1.82, 2.24) is 4.31 Å². The Hall–Kier alpha value is -0.980. The van der Waals surface area contributed by atoms with Crippen LogP contribution >= 0.6 is 0 Å². The molecule has 0 aromatic heterocycles. The number of halogens is 1. The lowest BCUT2D eigenvalue weighted by atomic mass is 10.2. The summed E-state index contributed by atoms with van der Waals surface area (Å²) in [6.45, 7) is 3.97. The molecular weight excluding hydrogens is 267 g/mol. The summed E-state index contributed by atoms with van der Waals surface area (Å²) in [7, 11) is -2.32. The van der Waals surface area contributed by atoms with Gasteiger partial charge in [0.25, 0.3) is 0 Å². The fourth-order valence-corrected chi connectivity index (χ4v) is 3.31. The highest BCUT2D eigenvalue weighted by Gasteiger charge is 2.27. The van der Waals surface area contributed by atoms with Crippen LogP contribution in [-0.4, -0.2) is 25.8 Å². The summed E-state index contributed by atoms with van der Waals surface area (Å²) in [5.41, 5.74) is 5.97. The van der Waals surface area contributed by atoms with Crippen LogP contribution in [0.25, 0.3) is 0 Å². The van der Waals surface area contributed by atoms with Crippen LogP contribution in [0.1, 0.15) is 32.3 Å². The Labute approximate surface area is 114 Å². The SMILES string of the molecule is CCCC(C)N(C)S(=O)(=O)c1ccc(CN)cc1F. The molecule has 0 fully saturated rings. The summed E-state index contributed by atoms with van der Waals surface area (Å²) in [4.78, 5) is -0.296. The first-order valence-corrected chi connectivity index (χ1v) is 7.75. The van der Waals surface area contributed by atoms with Crippen molar-refractivity contribution >= 4 is 10.0 Å². The van der Waals surface area contributed by atoms with Crippen molar-refractivity contribution in [3.8, 4) is 0 Å². The van der Waals surface area contributed by atoms with Crippen molar-refractivity contribution in [1.29, 1.82) is 0 Å². The molecule has 19 heavy (non-hydrogen) atoms. The molecule has 1 rings (SSSR count). The van der Waals surface area contributed by atoms with Crippen molar-refractivity contribution in [3.05, 3.63) is 29.6 Å². The number of sulfonamides is 1. The van der Waals surface area contributed by atoms with E-state index < -0.39 is 15.8 Å². The molecule has 0 saturated heterocycles.